The molecule has 0 amide bonds. The zero-order valence-electron chi connectivity index (χ0n) is 12.0. The van der Waals surface area contributed by atoms with Crippen molar-refractivity contribution < 1.29 is 0 Å². The third-order valence-electron chi connectivity index (χ3n) is 3.98. The van der Waals surface area contributed by atoms with E-state index in [0.717, 1.165) is 37.0 Å². The molecule has 1 aromatic carbocycles. The van der Waals surface area contributed by atoms with Gasteiger partial charge in [-0.15, -0.1) is 0 Å². The first-order valence-electron chi connectivity index (χ1n) is 7.34. The molecule has 1 saturated heterocycles. The van der Waals surface area contributed by atoms with Crippen molar-refractivity contribution in [3.05, 3.63) is 42.2 Å². The quantitative estimate of drug-likeness (QED) is 0.931. The second kappa shape index (κ2) is 5.67. The molecule has 1 aromatic heterocycles. The van der Waals surface area contributed by atoms with E-state index in [1.54, 1.807) is 0 Å². The first-order chi connectivity index (χ1) is 9.78. The van der Waals surface area contributed by atoms with Crippen molar-refractivity contribution in [1.82, 2.24) is 9.55 Å². The summed E-state index contributed by atoms with van der Waals surface area (Å²) in [7, 11) is 0. The number of piperidine rings is 1. The van der Waals surface area contributed by atoms with Crippen LogP contribution in [0.2, 0.25) is 0 Å². The van der Waals surface area contributed by atoms with E-state index in [1.807, 2.05) is 13.0 Å². The van der Waals surface area contributed by atoms with E-state index in [9.17, 15) is 0 Å². The van der Waals surface area contributed by atoms with Crippen LogP contribution in [-0.2, 0) is 0 Å². The molecular formula is C16H22N4. The molecule has 1 aliphatic heterocycles. The van der Waals surface area contributed by atoms with Crippen molar-refractivity contribution in [2.75, 3.05) is 24.5 Å². The molecule has 0 bridgehead atoms. The van der Waals surface area contributed by atoms with Crippen LogP contribution in [0.25, 0.3) is 5.69 Å². The highest BCUT2D eigenvalue weighted by molar-refractivity contribution is 5.45. The van der Waals surface area contributed by atoms with Crippen molar-refractivity contribution >= 4 is 5.95 Å². The normalized spacial score (nSPS) is 19.3. The lowest BCUT2D eigenvalue weighted by Gasteiger charge is -2.33. The lowest BCUT2D eigenvalue weighted by atomic mass is 9.99. The fourth-order valence-corrected chi connectivity index (χ4v) is 2.93. The summed E-state index contributed by atoms with van der Waals surface area (Å²) in [5.41, 5.74) is 8.06. The van der Waals surface area contributed by atoms with Gasteiger partial charge >= 0.3 is 0 Å². The van der Waals surface area contributed by atoms with Crippen molar-refractivity contribution in [3.8, 4) is 5.69 Å². The average Bonchev–Trinajstić information content (AvgIpc) is 2.90. The second-order valence-corrected chi connectivity index (χ2v) is 5.58. The van der Waals surface area contributed by atoms with Crippen LogP contribution in [0.5, 0.6) is 0 Å². The van der Waals surface area contributed by atoms with Crippen LogP contribution < -0.4 is 10.6 Å². The number of aryl methyl sites for hydroxylation is 1. The van der Waals surface area contributed by atoms with Crippen LogP contribution in [0.4, 0.5) is 5.95 Å². The fourth-order valence-electron chi connectivity index (χ4n) is 2.93. The van der Waals surface area contributed by atoms with Gasteiger partial charge in [-0.2, -0.15) is 0 Å². The van der Waals surface area contributed by atoms with Crippen LogP contribution >= 0.6 is 0 Å². The Hall–Kier alpha value is -1.81. The lowest BCUT2D eigenvalue weighted by Crippen LogP contribution is -2.39. The molecule has 1 atom stereocenters. The number of para-hydroxylation sites is 1. The predicted molar refractivity (Wildman–Crippen MR) is 82.3 cm³/mol. The van der Waals surface area contributed by atoms with Gasteiger partial charge in [0.1, 0.15) is 0 Å². The lowest BCUT2D eigenvalue weighted by molar-refractivity contribution is 0.418. The number of nitrogens with zero attached hydrogens (tertiary/aromatic N) is 3. The first-order valence-corrected chi connectivity index (χ1v) is 7.34. The number of rotatable bonds is 3. The summed E-state index contributed by atoms with van der Waals surface area (Å²) in [6, 6.07) is 10.4. The molecule has 2 aromatic rings. The van der Waals surface area contributed by atoms with Gasteiger partial charge in [-0.25, -0.2) is 4.98 Å². The van der Waals surface area contributed by atoms with Crippen LogP contribution in [-0.4, -0.2) is 29.2 Å². The van der Waals surface area contributed by atoms with Crippen LogP contribution in [0.15, 0.2) is 36.5 Å². The minimum atomic E-state index is 0.588. The third-order valence-corrected chi connectivity index (χ3v) is 3.98. The van der Waals surface area contributed by atoms with Gasteiger partial charge in [0.15, 0.2) is 0 Å². The fraction of sp³-hybridized carbons (Fsp3) is 0.438. The zero-order chi connectivity index (χ0) is 13.9. The monoisotopic (exact) mass is 270 g/mol. The summed E-state index contributed by atoms with van der Waals surface area (Å²) in [5.74, 6) is 1.64. The standard InChI is InChI=1S/C16H22N4/c1-13-11-20(15-7-3-2-4-8-15)16(18-13)19-9-5-6-14(10-17)12-19/h2-4,7-8,11,14H,5-6,9-10,12,17H2,1H3. The Kier molecular flexibility index (Phi) is 3.74. The van der Waals surface area contributed by atoms with E-state index in [0.29, 0.717) is 5.92 Å². The minimum Gasteiger partial charge on any atom is -0.342 e. The summed E-state index contributed by atoms with van der Waals surface area (Å²) in [4.78, 5) is 7.10. The molecule has 1 fully saturated rings. The van der Waals surface area contributed by atoms with Crippen molar-refractivity contribution in [1.29, 1.82) is 0 Å². The molecule has 0 radical (unpaired) electrons. The van der Waals surface area contributed by atoms with Gasteiger partial charge in [-0.3, -0.25) is 4.57 Å². The van der Waals surface area contributed by atoms with Crippen LogP contribution in [0.1, 0.15) is 18.5 Å². The third kappa shape index (κ3) is 2.56. The Labute approximate surface area is 120 Å². The van der Waals surface area contributed by atoms with E-state index in [-0.39, 0.29) is 0 Å². The van der Waals surface area contributed by atoms with Crippen LogP contribution in [0, 0.1) is 12.8 Å². The van der Waals surface area contributed by atoms with Gasteiger partial charge in [0.05, 0.1) is 5.69 Å². The molecule has 0 spiro atoms. The predicted octanol–water partition coefficient (Wildman–Crippen LogP) is 2.36. The highest BCUT2D eigenvalue weighted by Gasteiger charge is 2.22. The topological polar surface area (TPSA) is 47.1 Å². The van der Waals surface area contributed by atoms with E-state index in [4.69, 9.17) is 10.7 Å². The van der Waals surface area contributed by atoms with Gasteiger partial charge in [0.2, 0.25) is 5.95 Å². The molecule has 2 N–H and O–H groups in total. The maximum atomic E-state index is 5.84. The maximum Gasteiger partial charge on any atom is 0.210 e. The number of nitrogens with two attached hydrogens (primary N) is 1. The Morgan fingerprint density at radius 1 is 1.30 bits per heavy atom. The number of anilines is 1. The molecule has 4 heteroatoms. The van der Waals surface area contributed by atoms with Gasteiger partial charge in [0.25, 0.3) is 0 Å². The SMILES string of the molecule is Cc1cn(-c2ccccc2)c(N2CCCC(CN)C2)n1. The number of benzene rings is 1. The van der Waals surface area contributed by atoms with E-state index >= 15 is 0 Å². The number of hydrogen-bond acceptors (Lipinski definition) is 3. The summed E-state index contributed by atoms with van der Waals surface area (Å²) in [6.45, 7) is 4.90. The number of aromatic nitrogens is 2. The van der Waals surface area contributed by atoms with E-state index < -0.39 is 0 Å². The summed E-state index contributed by atoms with van der Waals surface area (Å²) < 4.78 is 2.19. The molecule has 1 aliphatic rings. The van der Waals surface area contributed by atoms with Gasteiger partial charge < -0.3 is 10.6 Å². The summed E-state index contributed by atoms with van der Waals surface area (Å²) >= 11 is 0. The summed E-state index contributed by atoms with van der Waals surface area (Å²) in [5, 5.41) is 0. The minimum absolute atomic E-state index is 0.588. The molecule has 4 nitrogen and oxygen atoms in total. The Bertz CT molecular complexity index is 561. The first kappa shape index (κ1) is 13.2. The van der Waals surface area contributed by atoms with Crippen molar-refractivity contribution in [3.63, 3.8) is 0 Å². The highest BCUT2D eigenvalue weighted by Crippen LogP contribution is 2.25. The van der Waals surface area contributed by atoms with Crippen LogP contribution in [0.3, 0.4) is 0 Å². The van der Waals surface area contributed by atoms with Gasteiger partial charge in [-0.05, 0) is 44.4 Å². The molecule has 0 saturated carbocycles. The molecule has 0 aliphatic carbocycles. The Balaban J connectivity index is 1.93. The average molecular weight is 270 g/mol. The second-order valence-electron chi connectivity index (χ2n) is 5.58. The molecular weight excluding hydrogens is 248 g/mol. The molecule has 3 rings (SSSR count). The maximum absolute atomic E-state index is 5.84. The van der Waals surface area contributed by atoms with Gasteiger partial charge in [0, 0.05) is 25.0 Å². The zero-order valence-corrected chi connectivity index (χ0v) is 12.0. The Morgan fingerprint density at radius 3 is 2.85 bits per heavy atom. The van der Waals surface area contributed by atoms with E-state index in [2.05, 4.69) is 39.9 Å². The smallest absolute Gasteiger partial charge is 0.210 e. The van der Waals surface area contributed by atoms with E-state index in [1.165, 1.54) is 12.8 Å². The molecule has 2 heterocycles. The summed E-state index contributed by atoms with van der Waals surface area (Å²) in [6.07, 6.45) is 4.54. The number of imidazole rings is 1. The highest BCUT2D eigenvalue weighted by atomic mass is 15.3. The number of hydrogen-bond donors (Lipinski definition) is 1. The Morgan fingerprint density at radius 2 is 2.10 bits per heavy atom. The van der Waals surface area contributed by atoms with Crippen molar-refractivity contribution in [2.24, 2.45) is 11.7 Å². The molecule has 106 valence electrons. The molecule has 20 heavy (non-hydrogen) atoms. The van der Waals surface area contributed by atoms with Crippen molar-refractivity contribution in [2.45, 2.75) is 19.8 Å². The largest absolute Gasteiger partial charge is 0.342 e. The van der Waals surface area contributed by atoms with Gasteiger partial charge in [-0.1, -0.05) is 18.2 Å². The molecule has 1 unspecified atom stereocenters.